The van der Waals surface area contributed by atoms with E-state index in [-0.39, 0.29) is 12.2 Å². The standard InChI is InChI=1S/C12H18O4/c1-9(2)15-11(13)7-5-6-8-12(14)16-10(3)4/h5-10H,1-4H3/b7-5-,8-6+. The van der Waals surface area contributed by atoms with Gasteiger partial charge in [0.2, 0.25) is 0 Å². The Bertz CT molecular complexity index is 257. The van der Waals surface area contributed by atoms with E-state index in [9.17, 15) is 9.59 Å². The Morgan fingerprint density at radius 3 is 1.38 bits per heavy atom. The fourth-order valence-electron chi connectivity index (χ4n) is 0.811. The number of carbonyl (C=O) groups excluding carboxylic acids is 2. The van der Waals surface area contributed by atoms with Gasteiger partial charge in [0, 0.05) is 12.2 Å². The fraction of sp³-hybridized carbons (Fsp3) is 0.500. The highest BCUT2D eigenvalue weighted by molar-refractivity contribution is 5.84. The lowest BCUT2D eigenvalue weighted by Crippen LogP contribution is -2.08. The average molecular weight is 226 g/mol. The number of carbonyl (C=O) groups is 2. The first-order valence-electron chi connectivity index (χ1n) is 5.17. The largest absolute Gasteiger partial charge is 0.460 e. The summed E-state index contributed by atoms with van der Waals surface area (Å²) in [4.78, 5) is 22.0. The second-order valence-electron chi connectivity index (χ2n) is 3.69. The van der Waals surface area contributed by atoms with Crippen molar-refractivity contribution in [1.29, 1.82) is 0 Å². The van der Waals surface area contributed by atoms with Gasteiger partial charge in [-0.1, -0.05) is 12.2 Å². The van der Waals surface area contributed by atoms with Crippen molar-refractivity contribution >= 4 is 11.9 Å². The Kier molecular flexibility index (Phi) is 6.92. The van der Waals surface area contributed by atoms with Gasteiger partial charge in [0.25, 0.3) is 0 Å². The molecule has 0 aromatic carbocycles. The molecule has 0 aliphatic rings. The predicted octanol–water partition coefficient (Wildman–Crippen LogP) is 2.00. The van der Waals surface area contributed by atoms with Crippen molar-refractivity contribution in [3.05, 3.63) is 24.3 Å². The maximum Gasteiger partial charge on any atom is 0.330 e. The lowest BCUT2D eigenvalue weighted by Gasteiger charge is -2.03. The third-order valence-electron chi connectivity index (χ3n) is 1.28. The lowest BCUT2D eigenvalue weighted by molar-refractivity contribution is -0.142. The van der Waals surface area contributed by atoms with Gasteiger partial charge < -0.3 is 9.47 Å². The molecule has 0 N–H and O–H groups in total. The van der Waals surface area contributed by atoms with Crippen molar-refractivity contribution in [2.24, 2.45) is 0 Å². The molecule has 0 aromatic rings. The summed E-state index contributed by atoms with van der Waals surface area (Å²) in [5, 5.41) is 0. The third kappa shape index (κ3) is 8.99. The highest BCUT2D eigenvalue weighted by Gasteiger charge is 2.00. The summed E-state index contributed by atoms with van der Waals surface area (Å²) in [6, 6.07) is 0. The molecule has 0 amide bonds. The Morgan fingerprint density at radius 2 is 1.12 bits per heavy atom. The van der Waals surface area contributed by atoms with E-state index in [1.807, 2.05) is 0 Å². The molecular formula is C12H18O4. The van der Waals surface area contributed by atoms with Crippen LogP contribution in [-0.4, -0.2) is 24.1 Å². The van der Waals surface area contributed by atoms with Gasteiger partial charge in [0.1, 0.15) is 0 Å². The van der Waals surface area contributed by atoms with Crippen LogP contribution in [0.5, 0.6) is 0 Å². The first-order chi connectivity index (χ1) is 7.41. The van der Waals surface area contributed by atoms with Gasteiger partial charge in [-0.05, 0) is 27.7 Å². The molecule has 0 radical (unpaired) electrons. The van der Waals surface area contributed by atoms with Gasteiger partial charge in [0.05, 0.1) is 12.2 Å². The van der Waals surface area contributed by atoms with Crippen LogP contribution in [0.25, 0.3) is 0 Å². The molecule has 0 atom stereocenters. The number of allylic oxidation sites excluding steroid dienone is 2. The van der Waals surface area contributed by atoms with Crippen molar-refractivity contribution in [3.8, 4) is 0 Å². The zero-order valence-electron chi connectivity index (χ0n) is 10.1. The molecule has 0 aromatic heterocycles. The monoisotopic (exact) mass is 226 g/mol. The van der Waals surface area contributed by atoms with Crippen LogP contribution in [0.3, 0.4) is 0 Å². The van der Waals surface area contributed by atoms with E-state index in [2.05, 4.69) is 0 Å². The number of rotatable bonds is 5. The van der Waals surface area contributed by atoms with Crippen LogP contribution < -0.4 is 0 Å². The van der Waals surface area contributed by atoms with Crippen molar-refractivity contribution in [2.45, 2.75) is 39.9 Å². The molecule has 4 heteroatoms. The number of hydrogen-bond donors (Lipinski definition) is 0. The third-order valence-corrected chi connectivity index (χ3v) is 1.28. The molecule has 0 bridgehead atoms. The Balaban J connectivity index is 3.95. The van der Waals surface area contributed by atoms with Crippen LogP contribution in [-0.2, 0) is 19.1 Å². The second kappa shape index (κ2) is 7.68. The normalized spacial score (nSPS) is 11.6. The Morgan fingerprint density at radius 1 is 0.812 bits per heavy atom. The number of hydrogen-bond acceptors (Lipinski definition) is 4. The summed E-state index contributed by atoms with van der Waals surface area (Å²) in [5.41, 5.74) is 0. The molecule has 4 nitrogen and oxygen atoms in total. The SMILES string of the molecule is CC(C)OC(=O)/C=C\C=C\C(=O)OC(C)C. The average Bonchev–Trinajstić information content (AvgIpc) is 2.10. The molecule has 0 aliphatic carbocycles. The van der Waals surface area contributed by atoms with Crippen LogP contribution in [0.15, 0.2) is 24.3 Å². The lowest BCUT2D eigenvalue weighted by atomic mass is 10.4. The Hall–Kier alpha value is -1.58. The van der Waals surface area contributed by atoms with E-state index in [1.54, 1.807) is 27.7 Å². The summed E-state index contributed by atoms with van der Waals surface area (Å²) in [5.74, 6) is -0.867. The Labute approximate surface area is 95.9 Å². The van der Waals surface area contributed by atoms with Gasteiger partial charge in [-0.3, -0.25) is 0 Å². The minimum Gasteiger partial charge on any atom is -0.460 e. The first kappa shape index (κ1) is 14.4. The molecule has 0 unspecified atom stereocenters. The van der Waals surface area contributed by atoms with Crippen LogP contribution in [0.1, 0.15) is 27.7 Å². The van der Waals surface area contributed by atoms with E-state index < -0.39 is 11.9 Å². The van der Waals surface area contributed by atoms with Crippen molar-refractivity contribution in [2.75, 3.05) is 0 Å². The van der Waals surface area contributed by atoms with Crippen LogP contribution in [0.4, 0.5) is 0 Å². The summed E-state index contributed by atoms with van der Waals surface area (Å²) in [6.45, 7) is 7.06. The summed E-state index contributed by atoms with van der Waals surface area (Å²) in [7, 11) is 0. The zero-order chi connectivity index (χ0) is 12.6. The van der Waals surface area contributed by atoms with Crippen LogP contribution in [0, 0.1) is 0 Å². The topological polar surface area (TPSA) is 52.6 Å². The van der Waals surface area contributed by atoms with E-state index in [0.717, 1.165) is 0 Å². The molecule has 0 aliphatic heterocycles. The minimum atomic E-state index is -0.433. The smallest absolute Gasteiger partial charge is 0.330 e. The minimum absolute atomic E-state index is 0.146. The first-order valence-corrected chi connectivity index (χ1v) is 5.17. The number of esters is 2. The molecule has 0 fully saturated rings. The molecule has 16 heavy (non-hydrogen) atoms. The van der Waals surface area contributed by atoms with Crippen molar-refractivity contribution in [1.82, 2.24) is 0 Å². The van der Waals surface area contributed by atoms with Crippen LogP contribution in [0.2, 0.25) is 0 Å². The molecule has 0 heterocycles. The highest BCUT2D eigenvalue weighted by Crippen LogP contribution is 1.92. The molecule has 0 saturated carbocycles. The van der Waals surface area contributed by atoms with Gasteiger partial charge in [-0.15, -0.1) is 0 Å². The molecule has 0 spiro atoms. The summed E-state index contributed by atoms with van der Waals surface area (Å²) >= 11 is 0. The predicted molar refractivity (Wildman–Crippen MR) is 60.7 cm³/mol. The highest BCUT2D eigenvalue weighted by atomic mass is 16.5. The maximum absolute atomic E-state index is 11.0. The van der Waals surface area contributed by atoms with Gasteiger partial charge in [0.15, 0.2) is 0 Å². The second-order valence-corrected chi connectivity index (χ2v) is 3.69. The van der Waals surface area contributed by atoms with E-state index >= 15 is 0 Å². The van der Waals surface area contributed by atoms with E-state index in [1.165, 1.54) is 24.3 Å². The van der Waals surface area contributed by atoms with E-state index in [0.29, 0.717) is 0 Å². The van der Waals surface area contributed by atoms with E-state index in [4.69, 9.17) is 9.47 Å². The molecule has 0 rings (SSSR count). The van der Waals surface area contributed by atoms with Gasteiger partial charge >= 0.3 is 11.9 Å². The van der Waals surface area contributed by atoms with Gasteiger partial charge in [-0.2, -0.15) is 0 Å². The number of ether oxygens (including phenoxy) is 2. The van der Waals surface area contributed by atoms with Crippen LogP contribution >= 0.6 is 0 Å². The summed E-state index contributed by atoms with van der Waals surface area (Å²) < 4.78 is 9.69. The van der Waals surface area contributed by atoms with Crippen molar-refractivity contribution in [3.63, 3.8) is 0 Å². The summed E-state index contributed by atoms with van der Waals surface area (Å²) in [6.07, 6.45) is 5.08. The quantitative estimate of drug-likeness (QED) is 0.409. The maximum atomic E-state index is 11.0. The molecule has 0 saturated heterocycles. The fourth-order valence-corrected chi connectivity index (χ4v) is 0.811. The molecule has 90 valence electrons. The van der Waals surface area contributed by atoms with Gasteiger partial charge in [-0.25, -0.2) is 9.59 Å². The zero-order valence-corrected chi connectivity index (χ0v) is 10.1. The van der Waals surface area contributed by atoms with Crippen molar-refractivity contribution < 1.29 is 19.1 Å². The molecular weight excluding hydrogens is 208 g/mol.